The summed E-state index contributed by atoms with van der Waals surface area (Å²) >= 11 is 4.54. The standard InChI is InChI=1S/C3H4ClFO3/c4-3(5,1-6)2(7)8/h6H,1H2,(H,7,8). The van der Waals surface area contributed by atoms with Crippen LogP contribution in [0.15, 0.2) is 0 Å². The number of hydrogen-bond donors (Lipinski definition) is 2. The number of carbonyl (C=O) groups is 1. The quantitative estimate of drug-likeness (QED) is 0.533. The molecule has 0 aromatic carbocycles. The molecule has 0 heterocycles. The summed E-state index contributed by atoms with van der Waals surface area (Å²) in [7, 11) is 0. The van der Waals surface area contributed by atoms with Crippen molar-refractivity contribution in [2.45, 2.75) is 5.13 Å². The Labute approximate surface area is 49.7 Å². The molecule has 0 aliphatic heterocycles. The van der Waals surface area contributed by atoms with Crippen LogP contribution in [-0.4, -0.2) is 27.9 Å². The van der Waals surface area contributed by atoms with Crippen molar-refractivity contribution in [2.24, 2.45) is 0 Å². The van der Waals surface area contributed by atoms with E-state index >= 15 is 0 Å². The number of rotatable bonds is 2. The zero-order valence-corrected chi connectivity index (χ0v) is 4.52. The smallest absolute Gasteiger partial charge is 0.359 e. The second kappa shape index (κ2) is 2.28. The summed E-state index contributed by atoms with van der Waals surface area (Å²) in [6.45, 7) is -1.22. The minimum Gasteiger partial charge on any atom is -0.478 e. The normalized spacial score (nSPS) is 17.4. The number of carboxylic acid groups (broad SMARTS) is 1. The van der Waals surface area contributed by atoms with Crippen molar-refractivity contribution < 1.29 is 19.4 Å². The van der Waals surface area contributed by atoms with Gasteiger partial charge in [0.15, 0.2) is 0 Å². The second-order valence-corrected chi connectivity index (χ2v) is 1.77. The summed E-state index contributed by atoms with van der Waals surface area (Å²) in [5.41, 5.74) is 0. The van der Waals surface area contributed by atoms with Crippen LogP contribution in [-0.2, 0) is 4.79 Å². The number of halogens is 2. The maximum atomic E-state index is 11.9. The van der Waals surface area contributed by atoms with Crippen LogP contribution >= 0.6 is 11.6 Å². The fraction of sp³-hybridized carbons (Fsp3) is 0.667. The Bertz CT molecular complexity index is 103. The van der Waals surface area contributed by atoms with Crippen molar-refractivity contribution in [3.8, 4) is 0 Å². The SMILES string of the molecule is O=C(O)C(F)(Cl)CO. The van der Waals surface area contributed by atoms with E-state index in [0.717, 1.165) is 0 Å². The maximum absolute atomic E-state index is 11.9. The Kier molecular flexibility index (Phi) is 2.18. The molecule has 0 rings (SSSR count). The third-order valence-corrected chi connectivity index (χ3v) is 0.793. The molecule has 5 heteroatoms. The second-order valence-electron chi connectivity index (χ2n) is 1.17. The predicted molar refractivity (Wildman–Crippen MR) is 24.4 cm³/mol. The highest BCUT2D eigenvalue weighted by atomic mass is 35.5. The lowest BCUT2D eigenvalue weighted by atomic mass is 10.4. The molecule has 1 atom stereocenters. The van der Waals surface area contributed by atoms with E-state index in [4.69, 9.17) is 10.2 Å². The van der Waals surface area contributed by atoms with E-state index in [0.29, 0.717) is 0 Å². The van der Waals surface area contributed by atoms with Gasteiger partial charge in [-0.3, -0.25) is 0 Å². The third-order valence-electron chi connectivity index (χ3n) is 0.511. The highest BCUT2D eigenvalue weighted by Gasteiger charge is 2.34. The summed E-state index contributed by atoms with van der Waals surface area (Å²) in [5, 5.41) is 12.6. The number of aliphatic hydroxyl groups is 1. The molecule has 0 radical (unpaired) electrons. The number of hydrogen-bond acceptors (Lipinski definition) is 2. The maximum Gasteiger partial charge on any atom is 0.359 e. The number of aliphatic hydroxyl groups excluding tert-OH is 1. The van der Waals surface area contributed by atoms with Gasteiger partial charge >= 0.3 is 11.1 Å². The van der Waals surface area contributed by atoms with E-state index < -0.39 is 17.7 Å². The summed E-state index contributed by atoms with van der Waals surface area (Å²) < 4.78 is 11.9. The molecule has 0 saturated heterocycles. The van der Waals surface area contributed by atoms with Gasteiger partial charge in [-0.15, -0.1) is 0 Å². The van der Waals surface area contributed by atoms with E-state index in [-0.39, 0.29) is 0 Å². The Balaban J connectivity index is 3.91. The minimum absolute atomic E-state index is 1.22. The van der Waals surface area contributed by atoms with Crippen molar-refractivity contribution in [1.29, 1.82) is 0 Å². The van der Waals surface area contributed by atoms with Gasteiger partial charge < -0.3 is 10.2 Å². The van der Waals surface area contributed by atoms with Gasteiger partial charge in [0.2, 0.25) is 0 Å². The molecule has 0 amide bonds. The van der Waals surface area contributed by atoms with Gasteiger partial charge in [-0.05, 0) is 0 Å². The number of alkyl halides is 2. The van der Waals surface area contributed by atoms with Crippen LogP contribution in [0.3, 0.4) is 0 Å². The molecule has 0 spiro atoms. The first-order valence-electron chi connectivity index (χ1n) is 1.73. The molecule has 1 unspecified atom stereocenters. The third kappa shape index (κ3) is 1.63. The first kappa shape index (κ1) is 7.65. The van der Waals surface area contributed by atoms with Crippen LogP contribution in [0.4, 0.5) is 4.39 Å². The van der Waals surface area contributed by atoms with E-state index in [1.807, 2.05) is 0 Å². The van der Waals surface area contributed by atoms with Crippen LogP contribution in [0.25, 0.3) is 0 Å². The largest absolute Gasteiger partial charge is 0.478 e. The first-order chi connectivity index (χ1) is 3.50. The van der Waals surface area contributed by atoms with Gasteiger partial charge in [0.25, 0.3) is 0 Å². The number of aliphatic carboxylic acids is 1. The van der Waals surface area contributed by atoms with E-state index in [1.54, 1.807) is 0 Å². The van der Waals surface area contributed by atoms with Gasteiger partial charge in [0, 0.05) is 0 Å². The van der Waals surface area contributed by atoms with Crippen molar-refractivity contribution in [2.75, 3.05) is 6.61 Å². The van der Waals surface area contributed by atoms with Gasteiger partial charge in [-0.1, -0.05) is 11.6 Å². The molecule has 2 N–H and O–H groups in total. The average molecular weight is 143 g/mol. The first-order valence-corrected chi connectivity index (χ1v) is 2.10. The molecule has 0 aliphatic carbocycles. The fourth-order valence-electron chi connectivity index (χ4n) is 0.0676. The van der Waals surface area contributed by atoms with E-state index in [1.165, 1.54) is 0 Å². The van der Waals surface area contributed by atoms with E-state index in [9.17, 15) is 9.18 Å². The van der Waals surface area contributed by atoms with Crippen molar-refractivity contribution in [3.63, 3.8) is 0 Å². The highest BCUT2D eigenvalue weighted by molar-refractivity contribution is 6.32. The zero-order chi connectivity index (χ0) is 6.78. The Morgan fingerprint density at radius 2 is 2.25 bits per heavy atom. The molecular weight excluding hydrogens is 138 g/mol. The lowest BCUT2D eigenvalue weighted by molar-refractivity contribution is -0.147. The topological polar surface area (TPSA) is 57.5 Å². The van der Waals surface area contributed by atoms with Crippen molar-refractivity contribution >= 4 is 17.6 Å². The molecule has 0 aromatic heterocycles. The summed E-state index contributed by atoms with van der Waals surface area (Å²) in [5.74, 6) is -1.87. The van der Waals surface area contributed by atoms with Crippen LogP contribution in [0.5, 0.6) is 0 Å². The van der Waals surface area contributed by atoms with Crippen LogP contribution < -0.4 is 0 Å². The van der Waals surface area contributed by atoms with Crippen molar-refractivity contribution in [1.82, 2.24) is 0 Å². The molecule has 0 aliphatic rings. The monoisotopic (exact) mass is 142 g/mol. The molecule has 8 heavy (non-hydrogen) atoms. The molecule has 0 aromatic rings. The molecule has 48 valence electrons. The Hall–Kier alpha value is -0.350. The Morgan fingerprint density at radius 1 is 1.88 bits per heavy atom. The van der Waals surface area contributed by atoms with Crippen molar-refractivity contribution in [3.05, 3.63) is 0 Å². The van der Waals surface area contributed by atoms with Gasteiger partial charge in [-0.25, -0.2) is 9.18 Å². The molecule has 0 fully saturated rings. The minimum atomic E-state index is -3.01. The summed E-state index contributed by atoms with van der Waals surface area (Å²) in [4.78, 5) is 9.59. The fourth-order valence-corrected chi connectivity index (χ4v) is 0.0676. The average Bonchev–Trinajstić information content (AvgIpc) is 1.67. The van der Waals surface area contributed by atoms with Crippen LogP contribution in [0, 0.1) is 0 Å². The van der Waals surface area contributed by atoms with Crippen LogP contribution in [0.1, 0.15) is 0 Å². The van der Waals surface area contributed by atoms with Gasteiger partial charge in [0.1, 0.15) is 6.61 Å². The number of carboxylic acids is 1. The summed E-state index contributed by atoms with van der Waals surface area (Å²) in [6, 6.07) is 0. The lowest BCUT2D eigenvalue weighted by Gasteiger charge is -2.05. The predicted octanol–water partition coefficient (Wildman–Crippen LogP) is -0.0321. The molecular formula is C3H4ClFO3. The summed E-state index contributed by atoms with van der Waals surface area (Å²) in [6.07, 6.45) is 0. The molecule has 0 bridgehead atoms. The van der Waals surface area contributed by atoms with E-state index in [2.05, 4.69) is 11.6 Å². The highest BCUT2D eigenvalue weighted by Crippen LogP contribution is 2.14. The lowest BCUT2D eigenvalue weighted by Crippen LogP contribution is -2.30. The Morgan fingerprint density at radius 3 is 2.25 bits per heavy atom. The molecule has 3 nitrogen and oxygen atoms in total. The molecule has 0 saturated carbocycles. The zero-order valence-electron chi connectivity index (χ0n) is 3.77. The van der Waals surface area contributed by atoms with Crippen LogP contribution in [0.2, 0.25) is 0 Å². The van der Waals surface area contributed by atoms with Gasteiger partial charge in [0.05, 0.1) is 0 Å². The van der Waals surface area contributed by atoms with Gasteiger partial charge in [-0.2, -0.15) is 0 Å².